The van der Waals surface area contributed by atoms with Gasteiger partial charge in [-0.15, -0.1) is 0 Å². The summed E-state index contributed by atoms with van der Waals surface area (Å²) < 4.78 is 11.2. The molecule has 1 spiro atoms. The number of ether oxygens (including phenoxy) is 2. The van der Waals surface area contributed by atoms with Gasteiger partial charge in [-0.05, 0) is 43.6 Å². The fourth-order valence-corrected chi connectivity index (χ4v) is 4.72. The molecule has 25 heavy (non-hydrogen) atoms. The largest absolute Gasteiger partial charge is 0.493 e. The summed E-state index contributed by atoms with van der Waals surface area (Å²) in [5.74, 6) is -1.25. The summed E-state index contributed by atoms with van der Waals surface area (Å²) in [6.07, 6.45) is 1.14. The van der Waals surface area contributed by atoms with E-state index in [1.54, 1.807) is 6.07 Å². The fraction of sp³-hybridized carbons (Fsp3) is 0.444. The van der Waals surface area contributed by atoms with E-state index in [4.69, 9.17) is 9.47 Å². The number of methoxy groups -OCH3 is 1. The maximum atomic E-state index is 12.0. The van der Waals surface area contributed by atoms with Crippen molar-refractivity contribution in [3.05, 3.63) is 34.9 Å². The Morgan fingerprint density at radius 2 is 2.16 bits per heavy atom. The van der Waals surface area contributed by atoms with Crippen molar-refractivity contribution >= 4 is 11.9 Å². The molecule has 132 valence electrons. The maximum absolute atomic E-state index is 12.0. The van der Waals surface area contributed by atoms with Gasteiger partial charge in [0.25, 0.3) is 0 Å². The van der Waals surface area contributed by atoms with Crippen LogP contribution >= 0.6 is 0 Å². The quantitative estimate of drug-likeness (QED) is 0.791. The first-order valence-electron chi connectivity index (χ1n) is 8.15. The van der Waals surface area contributed by atoms with E-state index in [1.165, 1.54) is 13.2 Å². The molecule has 0 radical (unpaired) electrons. The second-order valence-electron chi connectivity index (χ2n) is 6.83. The topological polar surface area (TPSA) is 96.3 Å². The molecule has 2 N–H and O–H groups in total. The van der Waals surface area contributed by atoms with Gasteiger partial charge in [0, 0.05) is 17.7 Å². The summed E-state index contributed by atoms with van der Waals surface area (Å²) in [6.45, 7) is 0.671. The summed E-state index contributed by atoms with van der Waals surface area (Å²) in [7, 11) is 3.45. The van der Waals surface area contributed by atoms with Crippen molar-refractivity contribution in [2.45, 2.75) is 30.4 Å². The molecule has 1 saturated heterocycles. The van der Waals surface area contributed by atoms with E-state index in [0.717, 1.165) is 11.1 Å². The average molecular weight is 345 g/mol. The fourth-order valence-electron chi connectivity index (χ4n) is 4.72. The minimum atomic E-state index is -1.15. The smallest absolute Gasteiger partial charge is 0.346 e. The van der Waals surface area contributed by atoms with E-state index in [9.17, 15) is 19.8 Å². The van der Waals surface area contributed by atoms with Crippen molar-refractivity contribution in [3.8, 4) is 11.5 Å². The zero-order valence-corrected chi connectivity index (χ0v) is 14.0. The number of fused-ring (bicyclic) bond motifs is 1. The van der Waals surface area contributed by atoms with Crippen molar-refractivity contribution in [2.24, 2.45) is 0 Å². The SMILES string of the molecule is COc1ccc2c3c1OC(C(=O)O)C31CCN(C)C(C2)C1=CC(=O)O. The van der Waals surface area contributed by atoms with Gasteiger partial charge in [-0.25, -0.2) is 9.59 Å². The van der Waals surface area contributed by atoms with Crippen molar-refractivity contribution in [2.75, 3.05) is 20.7 Å². The Morgan fingerprint density at radius 3 is 2.80 bits per heavy atom. The van der Waals surface area contributed by atoms with Crippen LogP contribution in [0.3, 0.4) is 0 Å². The lowest BCUT2D eigenvalue weighted by molar-refractivity contribution is -0.147. The Kier molecular flexibility index (Phi) is 3.34. The van der Waals surface area contributed by atoms with Gasteiger partial charge in [0.15, 0.2) is 11.5 Å². The van der Waals surface area contributed by atoms with E-state index in [1.807, 2.05) is 13.1 Å². The van der Waals surface area contributed by atoms with Gasteiger partial charge in [-0.3, -0.25) is 4.90 Å². The molecule has 4 rings (SSSR count). The van der Waals surface area contributed by atoms with Crippen LogP contribution in [0.5, 0.6) is 11.5 Å². The Labute approximate surface area is 144 Å². The number of benzene rings is 1. The lowest BCUT2D eigenvalue weighted by atomic mass is 9.58. The molecule has 7 nitrogen and oxygen atoms in total. The summed E-state index contributed by atoms with van der Waals surface area (Å²) in [5, 5.41) is 19.2. The molecule has 0 saturated carbocycles. The van der Waals surface area contributed by atoms with Crippen molar-refractivity contribution in [1.82, 2.24) is 4.90 Å². The van der Waals surface area contributed by atoms with Crippen LogP contribution in [-0.2, 0) is 21.4 Å². The summed E-state index contributed by atoms with van der Waals surface area (Å²) in [4.78, 5) is 25.6. The van der Waals surface area contributed by atoms with E-state index in [-0.39, 0.29) is 6.04 Å². The number of nitrogens with zero attached hydrogens (tertiary/aromatic N) is 1. The van der Waals surface area contributed by atoms with Crippen LogP contribution in [0.2, 0.25) is 0 Å². The molecular formula is C18H19NO6. The van der Waals surface area contributed by atoms with Gasteiger partial charge in [-0.2, -0.15) is 0 Å². The van der Waals surface area contributed by atoms with E-state index < -0.39 is 23.5 Å². The Balaban J connectivity index is 2.06. The zero-order valence-electron chi connectivity index (χ0n) is 14.0. The Hall–Kier alpha value is -2.54. The van der Waals surface area contributed by atoms with Crippen LogP contribution < -0.4 is 9.47 Å². The number of aliphatic carboxylic acids is 2. The standard InChI is InChI=1S/C18H19NO6/c1-19-6-5-18-10(8-13(20)21)11(19)7-9-3-4-12(24-2)15(14(9)18)25-16(18)17(22)23/h3-4,8,11,16H,5-7H2,1-2H3,(H,20,21)(H,22,23). The lowest BCUT2D eigenvalue weighted by Gasteiger charge is -2.50. The van der Waals surface area contributed by atoms with Gasteiger partial charge >= 0.3 is 11.9 Å². The van der Waals surface area contributed by atoms with Gasteiger partial charge in [0.1, 0.15) is 0 Å². The number of likely N-dealkylation sites (N-methyl/N-ethyl adjacent to an activating group) is 1. The third kappa shape index (κ3) is 1.96. The van der Waals surface area contributed by atoms with Gasteiger partial charge in [0.2, 0.25) is 6.10 Å². The molecule has 2 bridgehead atoms. The van der Waals surface area contributed by atoms with Gasteiger partial charge in [0.05, 0.1) is 12.5 Å². The molecule has 2 heterocycles. The first-order valence-corrected chi connectivity index (χ1v) is 8.15. The number of hydrogen-bond donors (Lipinski definition) is 2. The molecule has 3 unspecified atom stereocenters. The second kappa shape index (κ2) is 5.23. The highest BCUT2D eigenvalue weighted by molar-refractivity contribution is 5.86. The maximum Gasteiger partial charge on any atom is 0.346 e. The number of carbonyl (C=O) groups is 2. The normalized spacial score (nSPS) is 31.4. The van der Waals surface area contributed by atoms with Gasteiger partial charge in [-0.1, -0.05) is 6.07 Å². The van der Waals surface area contributed by atoms with Crippen molar-refractivity contribution < 1.29 is 29.3 Å². The molecule has 0 amide bonds. The molecule has 7 heteroatoms. The molecule has 3 aliphatic rings. The molecule has 0 aromatic heterocycles. The highest BCUT2D eigenvalue weighted by atomic mass is 16.5. The number of hydrogen-bond acceptors (Lipinski definition) is 5. The molecule has 1 aliphatic carbocycles. The number of carboxylic acid groups (broad SMARTS) is 2. The van der Waals surface area contributed by atoms with Crippen LogP contribution in [0.4, 0.5) is 0 Å². The predicted molar refractivity (Wildman–Crippen MR) is 87.2 cm³/mol. The van der Waals surface area contributed by atoms with Crippen LogP contribution in [0.15, 0.2) is 23.8 Å². The lowest BCUT2D eigenvalue weighted by Crippen LogP contribution is -2.59. The summed E-state index contributed by atoms with van der Waals surface area (Å²) in [6, 6.07) is 3.57. The zero-order chi connectivity index (χ0) is 17.9. The number of carboxylic acids is 2. The molecule has 1 aromatic rings. The highest BCUT2D eigenvalue weighted by Gasteiger charge is 2.62. The Bertz CT molecular complexity index is 816. The van der Waals surface area contributed by atoms with Crippen molar-refractivity contribution in [1.29, 1.82) is 0 Å². The van der Waals surface area contributed by atoms with E-state index in [2.05, 4.69) is 4.90 Å². The van der Waals surface area contributed by atoms with Crippen LogP contribution in [0, 0.1) is 0 Å². The number of rotatable bonds is 3. The van der Waals surface area contributed by atoms with Crippen LogP contribution in [0.25, 0.3) is 0 Å². The first-order chi connectivity index (χ1) is 11.9. The van der Waals surface area contributed by atoms with Crippen molar-refractivity contribution in [3.63, 3.8) is 0 Å². The first kappa shape index (κ1) is 16.0. The highest BCUT2D eigenvalue weighted by Crippen LogP contribution is 2.60. The molecular weight excluding hydrogens is 326 g/mol. The number of piperidine rings is 1. The number of likely N-dealkylation sites (tertiary alicyclic amines) is 1. The van der Waals surface area contributed by atoms with Crippen LogP contribution in [-0.4, -0.2) is 59.9 Å². The molecule has 1 fully saturated rings. The second-order valence-corrected chi connectivity index (χ2v) is 6.83. The summed E-state index contributed by atoms with van der Waals surface area (Å²) in [5.41, 5.74) is 1.44. The minimum absolute atomic E-state index is 0.151. The molecule has 2 aliphatic heterocycles. The Morgan fingerprint density at radius 1 is 1.40 bits per heavy atom. The molecule has 3 atom stereocenters. The predicted octanol–water partition coefficient (Wildman–Crippen LogP) is 1.05. The van der Waals surface area contributed by atoms with Crippen LogP contribution in [0.1, 0.15) is 17.5 Å². The summed E-state index contributed by atoms with van der Waals surface area (Å²) >= 11 is 0. The van der Waals surface area contributed by atoms with Gasteiger partial charge < -0.3 is 19.7 Å². The third-order valence-corrected chi connectivity index (χ3v) is 5.74. The third-order valence-electron chi connectivity index (χ3n) is 5.74. The monoisotopic (exact) mass is 345 g/mol. The molecule has 1 aromatic carbocycles. The minimum Gasteiger partial charge on any atom is -0.493 e. The van der Waals surface area contributed by atoms with E-state index >= 15 is 0 Å². The average Bonchev–Trinajstić information content (AvgIpc) is 2.90. The van der Waals surface area contributed by atoms with E-state index in [0.29, 0.717) is 36.5 Å².